The maximum absolute atomic E-state index is 13.0. The normalized spacial score (nSPS) is 14.5. The number of fused-ring (bicyclic) bond motifs is 1. The molecule has 0 unspecified atom stereocenters. The highest BCUT2D eigenvalue weighted by Crippen LogP contribution is 2.27. The van der Waals surface area contributed by atoms with Gasteiger partial charge in [0, 0.05) is 44.4 Å². The van der Waals surface area contributed by atoms with Crippen LogP contribution in [0.4, 0.5) is 5.82 Å². The second kappa shape index (κ2) is 12.5. The molecule has 3 heterocycles. The van der Waals surface area contributed by atoms with Gasteiger partial charge in [0.25, 0.3) is 0 Å². The summed E-state index contributed by atoms with van der Waals surface area (Å²) >= 11 is 0. The number of aromatic amines is 1. The summed E-state index contributed by atoms with van der Waals surface area (Å²) in [5.41, 5.74) is 2.80. The first-order valence-corrected chi connectivity index (χ1v) is 14.8. The highest BCUT2D eigenvalue weighted by atomic mass is 32.2. The molecule has 0 aliphatic carbocycles. The van der Waals surface area contributed by atoms with Gasteiger partial charge < -0.3 is 20.4 Å². The fraction of sp³-hybridized carbons (Fsp3) is 0.310. The standard InChI is InChI=1S/C29H31N7O4S/c1-20(37)31-13-14-32-28-26-17-23(33-29(26)35-27(34-28)22-5-3-2-4-6-22)19-40-24-11-15-36(16-12-24)41(38,39)25-9-7-21(18-30)8-10-25/h2-10,17,24H,11-16,19H2,1H3,(H,31,37)(H2,32,33,34,35). The molecule has 4 aromatic rings. The quantitative estimate of drug-likeness (QED) is 0.244. The molecule has 2 aromatic carbocycles. The van der Waals surface area contributed by atoms with Gasteiger partial charge in [0.1, 0.15) is 11.5 Å². The lowest BCUT2D eigenvalue weighted by molar-refractivity contribution is -0.118. The van der Waals surface area contributed by atoms with Gasteiger partial charge in [-0.15, -0.1) is 0 Å². The van der Waals surface area contributed by atoms with Gasteiger partial charge in [0.15, 0.2) is 5.82 Å². The lowest BCUT2D eigenvalue weighted by atomic mass is 10.1. The van der Waals surface area contributed by atoms with Crippen LogP contribution in [0.2, 0.25) is 0 Å². The molecular weight excluding hydrogens is 542 g/mol. The van der Waals surface area contributed by atoms with Crippen LogP contribution in [0.25, 0.3) is 22.4 Å². The number of carbonyl (C=O) groups excluding carboxylic acids is 1. The van der Waals surface area contributed by atoms with Crippen molar-refractivity contribution in [3.63, 3.8) is 0 Å². The zero-order valence-corrected chi connectivity index (χ0v) is 23.4. The first kappa shape index (κ1) is 28.2. The fourth-order valence-corrected chi connectivity index (χ4v) is 6.18. The number of amides is 1. The van der Waals surface area contributed by atoms with Crippen molar-refractivity contribution in [1.82, 2.24) is 24.6 Å². The van der Waals surface area contributed by atoms with Gasteiger partial charge in [-0.2, -0.15) is 9.57 Å². The highest BCUT2D eigenvalue weighted by Gasteiger charge is 2.30. The van der Waals surface area contributed by atoms with Crippen LogP contribution in [0.3, 0.4) is 0 Å². The van der Waals surface area contributed by atoms with E-state index in [1.165, 1.54) is 35.5 Å². The van der Waals surface area contributed by atoms with E-state index in [9.17, 15) is 13.2 Å². The van der Waals surface area contributed by atoms with Crippen LogP contribution in [0.1, 0.15) is 31.0 Å². The minimum absolute atomic E-state index is 0.0879. The smallest absolute Gasteiger partial charge is 0.243 e. The lowest BCUT2D eigenvalue weighted by Crippen LogP contribution is -2.40. The molecule has 0 saturated carbocycles. The summed E-state index contributed by atoms with van der Waals surface area (Å²) in [6.07, 6.45) is 1.06. The molecule has 41 heavy (non-hydrogen) atoms. The number of sulfonamides is 1. The predicted molar refractivity (Wildman–Crippen MR) is 154 cm³/mol. The molecule has 1 saturated heterocycles. The molecule has 1 fully saturated rings. The minimum Gasteiger partial charge on any atom is -0.372 e. The van der Waals surface area contributed by atoms with Gasteiger partial charge in [-0.25, -0.2) is 18.4 Å². The Morgan fingerprint density at radius 3 is 2.51 bits per heavy atom. The van der Waals surface area contributed by atoms with E-state index in [1.54, 1.807) is 0 Å². The number of aromatic nitrogens is 3. The molecule has 0 bridgehead atoms. The first-order valence-electron chi connectivity index (χ1n) is 13.4. The Kier molecular flexibility index (Phi) is 8.58. The Hall–Kier alpha value is -4.31. The van der Waals surface area contributed by atoms with Gasteiger partial charge >= 0.3 is 0 Å². The van der Waals surface area contributed by atoms with Crippen molar-refractivity contribution in [2.45, 2.75) is 37.4 Å². The molecule has 1 aliphatic heterocycles. The van der Waals surface area contributed by atoms with Crippen LogP contribution < -0.4 is 10.6 Å². The summed E-state index contributed by atoms with van der Waals surface area (Å²) in [7, 11) is -3.62. The van der Waals surface area contributed by atoms with Crippen molar-refractivity contribution in [3.8, 4) is 17.5 Å². The van der Waals surface area contributed by atoms with Crippen molar-refractivity contribution in [1.29, 1.82) is 5.26 Å². The summed E-state index contributed by atoms with van der Waals surface area (Å²) in [6.45, 7) is 3.46. The topological polar surface area (TPSA) is 153 Å². The maximum Gasteiger partial charge on any atom is 0.243 e. The monoisotopic (exact) mass is 573 g/mol. The van der Waals surface area contributed by atoms with E-state index in [0.29, 0.717) is 68.5 Å². The van der Waals surface area contributed by atoms with Crippen molar-refractivity contribution < 1.29 is 17.9 Å². The molecular formula is C29H31N7O4S. The third kappa shape index (κ3) is 6.71. The van der Waals surface area contributed by atoms with Crippen molar-refractivity contribution in [2.24, 2.45) is 0 Å². The molecule has 1 amide bonds. The Balaban J connectivity index is 1.24. The number of nitriles is 1. The molecule has 0 atom stereocenters. The predicted octanol–water partition coefficient (Wildman–Crippen LogP) is 3.41. The molecule has 5 rings (SSSR count). The number of ether oxygens (including phenoxy) is 1. The Bertz CT molecular complexity index is 1660. The zero-order chi connectivity index (χ0) is 28.8. The number of piperidine rings is 1. The molecule has 12 heteroatoms. The number of nitrogens with zero attached hydrogens (tertiary/aromatic N) is 4. The van der Waals surface area contributed by atoms with E-state index in [2.05, 4.69) is 15.6 Å². The van der Waals surface area contributed by atoms with E-state index in [4.69, 9.17) is 20.0 Å². The average molecular weight is 574 g/mol. The summed E-state index contributed by atoms with van der Waals surface area (Å²) in [5.74, 6) is 1.14. The molecule has 3 N–H and O–H groups in total. The van der Waals surface area contributed by atoms with Crippen LogP contribution >= 0.6 is 0 Å². The van der Waals surface area contributed by atoms with E-state index in [-0.39, 0.29) is 16.9 Å². The van der Waals surface area contributed by atoms with Gasteiger partial charge in [-0.3, -0.25) is 4.79 Å². The van der Waals surface area contributed by atoms with Crippen molar-refractivity contribution in [2.75, 3.05) is 31.5 Å². The Morgan fingerprint density at radius 1 is 1.10 bits per heavy atom. The summed E-state index contributed by atoms with van der Waals surface area (Å²) in [4.78, 5) is 24.2. The summed E-state index contributed by atoms with van der Waals surface area (Å²) in [5, 5.41) is 15.9. The van der Waals surface area contributed by atoms with E-state index >= 15 is 0 Å². The number of nitrogens with one attached hydrogen (secondary N) is 3. The second-order valence-corrected chi connectivity index (χ2v) is 11.7. The number of hydrogen-bond acceptors (Lipinski definition) is 8. The molecule has 11 nitrogen and oxygen atoms in total. The SMILES string of the molecule is CC(=O)NCCNc1nc(-c2ccccc2)nc2[nH]c(COC3CCN(S(=O)(=O)c4ccc(C#N)cc4)CC3)cc12. The number of benzene rings is 2. The molecule has 0 radical (unpaired) electrons. The van der Waals surface area contributed by atoms with Crippen LogP contribution in [0, 0.1) is 11.3 Å². The molecule has 212 valence electrons. The zero-order valence-electron chi connectivity index (χ0n) is 22.6. The lowest BCUT2D eigenvalue weighted by Gasteiger charge is -2.31. The van der Waals surface area contributed by atoms with Crippen LogP contribution in [0.5, 0.6) is 0 Å². The van der Waals surface area contributed by atoms with Crippen molar-refractivity contribution in [3.05, 3.63) is 71.9 Å². The van der Waals surface area contributed by atoms with Gasteiger partial charge in [0.05, 0.1) is 34.6 Å². The minimum atomic E-state index is -3.62. The molecule has 1 aliphatic rings. The number of hydrogen-bond donors (Lipinski definition) is 3. The van der Waals surface area contributed by atoms with E-state index in [1.807, 2.05) is 42.5 Å². The van der Waals surface area contributed by atoms with Gasteiger partial charge in [-0.1, -0.05) is 30.3 Å². The van der Waals surface area contributed by atoms with Crippen LogP contribution in [0.15, 0.2) is 65.6 Å². The molecule has 2 aromatic heterocycles. The summed E-state index contributed by atoms with van der Waals surface area (Å²) in [6, 6.07) is 19.6. The Labute approximate surface area is 238 Å². The first-order chi connectivity index (χ1) is 19.8. The van der Waals surface area contributed by atoms with Gasteiger partial charge in [-0.05, 0) is 43.2 Å². The Morgan fingerprint density at radius 2 is 1.83 bits per heavy atom. The number of rotatable bonds is 10. The number of anilines is 1. The average Bonchev–Trinajstić information content (AvgIpc) is 3.42. The molecule has 0 spiro atoms. The third-order valence-electron chi connectivity index (χ3n) is 6.86. The van der Waals surface area contributed by atoms with E-state index < -0.39 is 10.0 Å². The largest absolute Gasteiger partial charge is 0.372 e. The van der Waals surface area contributed by atoms with Crippen LogP contribution in [-0.2, 0) is 26.2 Å². The third-order valence-corrected chi connectivity index (χ3v) is 8.78. The maximum atomic E-state index is 13.0. The van der Waals surface area contributed by atoms with Gasteiger partial charge in [0.2, 0.25) is 15.9 Å². The number of carbonyl (C=O) groups is 1. The van der Waals surface area contributed by atoms with Crippen molar-refractivity contribution >= 4 is 32.8 Å². The van der Waals surface area contributed by atoms with E-state index in [0.717, 1.165) is 16.6 Å². The highest BCUT2D eigenvalue weighted by molar-refractivity contribution is 7.89. The summed E-state index contributed by atoms with van der Waals surface area (Å²) < 4.78 is 33.7. The van der Waals surface area contributed by atoms with Crippen LogP contribution in [-0.4, -0.2) is 65.9 Å². The fourth-order valence-electron chi connectivity index (χ4n) is 4.71. The number of H-pyrrole nitrogens is 1. The second-order valence-electron chi connectivity index (χ2n) is 9.78.